The second-order valence-electron chi connectivity index (χ2n) is 6.43. The lowest BCUT2D eigenvalue weighted by Crippen LogP contribution is -2.44. The van der Waals surface area contributed by atoms with E-state index in [4.69, 9.17) is 9.15 Å². The molecule has 0 saturated carbocycles. The van der Waals surface area contributed by atoms with Crippen molar-refractivity contribution in [2.75, 3.05) is 20.3 Å². The topological polar surface area (TPSA) is 127 Å². The van der Waals surface area contributed by atoms with E-state index < -0.39 is 16.7 Å². The molecule has 0 spiro atoms. The Morgan fingerprint density at radius 2 is 1.90 bits per heavy atom. The van der Waals surface area contributed by atoms with E-state index in [0.29, 0.717) is 17.1 Å². The highest BCUT2D eigenvalue weighted by atomic mass is 16.6. The van der Waals surface area contributed by atoms with Crippen molar-refractivity contribution in [1.82, 2.24) is 4.90 Å². The van der Waals surface area contributed by atoms with Gasteiger partial charge in [-0.05, 0) is 42.8 Å². The Balaban J connectivity index is 1.96. The molecule has 1 aromatic carbocycles. The van der Waals surface area contributed by atoms with E-state index in [2.05, 4.69) is 0 Å². The summed E-state index contributed by atoms with van der Waals surface area (Å²) in [4.78, 5) is 36.5. The van der Waals surface area contributed by atoms with Gasteiger partial charge in [0.05, 0.1) is 18.1 Å². The smallest absolute Gasteiger partial charge is 0.271 e. The Kier molecular flexibility index (Phi) is 5.90. The van der Waals surface area contributed by atoms with E-state index in [1.54, 1.807) is 24.3 Å². The zero-order valence-corrected chi connectivity index (χ0v) is 16.2. The summed E-state index contributed by atoms with van der Waals surface area (Å²) < 4.78 is 10.7. The Hall–Kier alpha value is -4.03. The number of hydrogen-bond acceptors (Lipinski definition) is 7. The van der Waals surface area contributed by atoms with Gasteiger partial charge in [-0.1, -0.05) is 0 Å². The number of methoxy groups -OCH3 is 1. The van der Waals surface area contributed by atoms with Crippen LogP contribution in [0.15, 0.2) is 57.5 Å². The van der Waals surface area contributed by atoms with Gasteiger partial charge in [-0.3, -0.25) is 24.6 Å². The molecule has 9 nitrogen and oxygen atoms in total. The van der Waals surface area contributed by atoms with E-state index in [0.717, 1.165) is 4.90 Å². The first-order chi connectivity index (χ1) is 14.4. The predicted octanol–water partition coefficient (Wildman–Crippen LogP) is 3.09. The third-order valence-electron chi connectivity index (χ3n) is 4.62. The van der Waals surface area contributed by atoms with Crippen molar-refractivity contribution in [3.63, 3.8) is 0 Å². The summed E-state index contributed by atoms with van der Waals surface area (Å²) in [5.41, 5.74) is 0.925. The van der Waals surface area contributed by atoms with Crippen LogP contribution in [0.1, 0.15) is 12.7 Å². The molecule has 0 aliphatic carbocycles. The number of nitro benzene ring substituents is 1. The molecule has 0 N–H and O–H groups in total. The fourth-order valence-corrected chi connectivity index (χ4v) is 2.99. The highest BCUT2D eigenvalue weighted by Gasteiger charge is 2.35. The minimum atomic E-state index is -0.653. The van der Waals surface area contributed by atoms with Crippen molar-refractivity contribution in [3.05, 3.63) is 69.0 Å². The van der Waals surface area contributed by atoms with Crippen LogP contribution in [0.3, 0.4) is 0 Å². The quantitative estimate of drug-likeness (QED) is 0.312. The zero-order valence-electron chi connectivity index (χ0n) is 16.2. The van der Waals surface area contributed by atoms with Crippen molar-refractivity contribution in [2.45, 2.75) is 6.92 Å². The normalized spacial score (nSPS) is 15.6. The summed E-state index contributed by atoms with van der Waals surface area (Å²) in [7, 11) is 1.45. The molecule has 0 atom stereocenters. The molecule has 2 aromatic rings. The summed E-state index contributed by atoms with van der Waals surface area (Å²) in [6, 6.07) is 11.0. The number of ether oxygens (including phenoxy) is 1. The van der Waals surface area contributed by atoms with E-state index in [1.807, 2.05) is 6.07 Å². The number of benzene rings is 1. The summed E-state index contributed by atoms with van der Waals surface area (Å²) in [6.45, 7) is 1.71. The Bertz CT molecular complexity index is 1120. The predicted molar refractivity (Wildman–Crippen MR) is 106 cm³/mol. The molecule has 1 aliphatic rings. The third-order valence-corrected chi connectivity index (χ3v) is 4.62. The lowest BCUT2D eigenvalue weighted by Gasteiger charge is -2.26. The maximum absolute atomic E-state index is 12.8. The molecule has 0 saturated heterocycles. The van der Waals surface area contributed by atoms with Gasteiger partial charge in [0.25, 0.3) is 17.5 Å². The maximum Gasteiger partial charge on any atom is 0.271 e. The molecule has 0 radical (unpaired) electrons. The van der Waals surface area contributed by atoms with Gasteiger partial charge in [0.15, 0.2) is 0 Å². The van der Waals surface area contributed by atoms with Crippen LogP contribution in [0.4, 0.5) is 5.69 Å². The third kappa shape index (κ3) is 3.90. The minimum Gasteiger partial charge on any atom is -0.457 e. The maximum atomic E-state index is 12.8. The van der Waals surface area contributed by atoms with Crippen LogP contribution >= 0.6 is 0 Å². The van der Waals surface area contributed by atoms with Crippen LogP contribution in [0.2, 0.25) is 0 Å². The van der Waals surface area contributed by atoms with E-state index in [-0.39, 0.29) is 35.6 Å². The molecule has 152 valence electrons. The molecule has 0 fully saturated rings. The van der Waals surface area contributed by atoms with Gasteiger partial charge in [-0.2, -0.15) is 5.26 Å². The van der Waals surface area contributed by atoms with Crippen LogP contribution in [-0.4, -0.2) is 41.9 Å². The highest BCUT2D eigenvalue weighted by Crippen LogP contribution is 2.29. The number of nitriles is 1. The standard InChI is InChI=1S/C21H17N3O6/c1-13-17(20(25)23(9-10-29-2)21(26)18(13)12-22)11-16-7-8-19(30-16)14-3-5-15(6-4-14)24(27)28/h3-8,11H,9-10H2,1-2H3/b17-11+. The Labute approximate surface area is 171 Å². The molecule has 2 amide bonds. The molecular formula is C21H17N3O6. The molecular weight excluding hydrogens is 390 g/mol. The van der Waals surface area contributed by atoms with Crippen LogP contribution in [0.5, 0.6) is 0 Å². The lowest BCUT2D eigenvalue weighted by atomic mass is 9.95. The molecule has 1 aromatic heterocycles. The summed E-state index contributed by atoms with van der Waals surface area (Å²) >= 11 is 0. The molecule has 2 heterocycles. The minimum absolute atomic E-state index is 0.0240. The van der Waals surface area contributed by atoms with Gasteiger partial charge < -0.3 is 9.15 Å². The van der Waals surface area contributed by atoms with Crippen LogP contribution < -0.4 is 0 Å². The van der Waals surface area contributed by atoms with Crippen molar-refractivity contribution in [2.24, 2.45) is 0 Å². The Morgan fingerprint density at radius 3 is 2.50 bits per heavy atom. The first-order valence-electron chi connectivity index (χ1n) is 8.90. The van der Waals surface area contributed by atoms with Crippen molar-refractivity contribution in [1.29, 1.82) is 5.26 Å². The molecule has 0 unspecified atom stereocenters. The number of imide groups is 1. The van der Waals surface area contributed by atoms with Crippen molar-refractivity contribution >= 4 is 23.6 Å². The molecule has 0 bridgehead atoms. The van der Waals surface area contributed by atoms with Crippen LogP contribution in [0.25, 0.3) is 17.4 Å². The number of rotatable bonds is 6. The number of amides is 2. The lowest BCUT2D eigenvalue weighted by molar-refractivity contribution is -0.384. The van der Waals surface area contributed by atoms with Crippen molar-refractivity contribution < 1.29 is 23.7 Å². The van der Waals surface area contributed by atoms with Gasteiger partial charge >= 0.3 is 0 Å². The fourth-order valence-electron chi connectivity index (χ4n) is 2.99. The monoisotopic (exact) mass is 407 g/mol. The largest absolute Gasteiger partial charge is 0.457 e. The first-order valence-corrected chi connectivity index (χ1v) is 8.90. The average molecular weight is 407 g/mol. The van der Waals surface area contributed by atoms with Gasteiger partial charge in [-0.25, -0.2) is 0 Å². The molecule has 9 heteroatoms. The summed E-state index contributed by atoms with van der Waals surface area (Å²) in [6.07, 6.45) is 1.47. The number of furan rings is 1. The highest BCUT2D eigenvalue weighted by molar-refractivity contribution is 6.19. The zero-order chi connectivity index (χ0) is 21.8. The van der Waals surface area contributed by atoms with E-state index >= 15 is 0 Å². The number of nitrogens with zero attached hydrogens (tertiary/aromatic N) is 3. The van der Waals surface area contributed by atoms with E-state index in [1.165, 1.54) is 32.2 Å². The second kappa shape index (κ2) is 8.55. The molecule has 1 aliphatic heterocycles. The van der Waals surface area contributed by atoms with E-state index in [9.17, 15) is 25.0 Å². The van der Waals surface area contributed by atoms with Crippen LogP contribution in [0, 0.1) is 21.4 Å². The molecule has 3 rings (SSSR count). The summed E-state index contributed by atoms with van der Waals surface area (Å²) in [5, 5.41) is 20.1. The number of carbonyl (C=O) groups is 2. The van der Waals surface area contributed by atoms with Gasteiger partial charge in [0.2, 0.25) is 0 Å². The number of nitro groups is 1. The van der Waals surface area contributed by atoms with Gasteiger partial charge in [0, 0.05) is 30.4 Å². The van der Waals surface area contributed by atoms with Crippen molar-refractivity contribution in [3.8, 4) is 17.4 Å². The number of hydrogen-bond donors (Lipinski definition) is 0. The average Bonchev–Trinajstić information content (AvgIpc) is 3.20. The first kappa shape index (κ1) is 20.7. The van der Waals surface area contributed by atoms with Gasteiger partial charge in [-0.15, -0.1) is 0 Å². The second-order valence-corrected chi connectivity index (χ2v) is 6.43. The SMILES string of the molecule is COCCN1C(=O)C(C#N)=C(C)/C(=C\c2ccc(-c3ccc([N+](=O)[O-])cc3)o2)C1=O. The molecule has 30 heavy (non-hydrogen) atoms. The van der Waals surface area contributed by atoms with Gasteiger partial charge in [0.1, 0.15) is 23.2 Å². The number of non-ortho nitro benzene ring substituents is 1. The van der Waals surface area contributed by atoms with Crippen LogP contribution in [-0.2, 0) is 14.3 Å². The Morgan fingerprint density at radius 1 is 1.20 bits per heavy atom. The summed E-state index contributed by atoms with van der Waals surface area (Å²) in [5.74, 6) is -0.402. The fraction of sp³-hybridized carbons (Fsp3) is 0.190. The number of carbonyl (C=O) groups excluding carboxylic acids is 2.